The van der Waals surface area contributed by atoms with E-state index in [-0.39, 0.29) is 11.7 Å². The van der Waals surface area contributed by atoms with Gasteiger partial charge >= 0.3 is 5.97 Å². The van der Waals surface area contributed by atoms with Crippen LogP contribution in [-0.2, 0) is 14.0 Å². The van der Waals surface area contributed by atoms with E-state index in [2.05, 4.69) is 20.4 Å². The van der Waals surface area contributed by atoms with Crippen molar-refractivity contribution in [1.29, 1.82) is 0 Å². The van der Waals surface area contributed by atoms with Gasteiger partial charge in [-0.15, -0.1) is 0 Å². The molecule has 1 atom stereocenters. The van der Waals surface area contributed by atoms with Crippen molar-refractivity contribution in [3.63, 3.8) is 0 Å². The van der Waals surface area contributed by atoms with Crippen molar-refractivity contribution in [2.75, 3.05) is 6.61 Å². The summed E-state index contributed by atoms with van der Waals surface area (Å²) in [7, 11) is -1.97. The summed E-state index contributed by atoms with van der Waals surface area (Å²) >= 11 is 0. The number of carbonyl (C=O) groups is 1. The van der Waals surface area contributed by atoms with Gasteiger partial charge in [-0.2, -0.15) is 0 Å². The van der Waals surface area contributed by atoms with Gasteiger partial charge in [0.25, 0.3) is 0 Å². The van der Waals surface area contributed by atoms with Gasteiger partial charge < -0.3 is 9.16 Å². The van der Waals surface area contributed by atoms with E-state index in [0.717, 1.165) is 24.9 Å². The molecule has 4 heteroatoms. The average molecular weight is 258 g/mol. The fourth-order valence-corrected chi connectivity index (χ4v) is 6.44. The number of rotatable bonds is 9. The lowest BCUT2D eigenvalue weighted by Gasteiger charge is -2.35. The van der Waals surface area contributed by atoms with E-state index in [9.17, 15) is 4.79 Å². The molecule has 0 aliphatic rings. The SMILES string of the molecule is C=CC(=O)OC(C)[Si](CCC)(CCC)OCC. The van der Waals surface area contributed by atoms with Crippen molar-refractivity contribution >= 4 is 14.3 Å². The fourth-order valence-electron chi connectivity index (χ4n) is 2.26. The lowest BCUT2D eigenvalue weighted by molar-refractivity contribution is -0.139. The molecule has 0 amide bonds. The van der Waals surface area contributed by atoms with Crippen molar-refractivity contribution < 1.29 is 14.0 Å². The highest BCUT2D eigenvalue weighted by Crippen LogP contribution is 2.27. The maximum Gasteiger partial charge on any atom is 0.330 e. The zero-order valence-electron chi connectivity index (χ0n) is 11.6. The molecule has 0 aromatic heterocycles. The second-order valence-electron chi connectivity index (χ2n) is 4.28. The zero-order valence-corrected chi connectivity index (χ0v) is 12.6. The van der Waals surface area contributed by atoms with Crippen LogP contribution in [0.3, 0.4) is 0 Å². The van der Waals surface area contributed by atoms with Gasteiger partial charge in [0.15, 0.2) is 0 Å². The number of ether oxygens (including phenoxy) is 1. The minimum atomic E-state index is -1.97. The maximum absolute atomic E-state index is 11.3. The van der Waals surface area contributed by atoms with Gasteiger partial charge in [0.05, 0.1) is 0 Å². The monoisotopic (exact) mass is 258 g/mol. The van der Waals surface area contributed by atoms with E-state index in [0.29, 0.717) is 6.61 Å². The zero-order chi connectivity index (χ0) is 13.3. The van der Waals surface area contributed by atoms with Gasteiger partial charge in [0.1, 0.15) is 5.73 Å². The Bertz CT molecular complexity index is 224. The quantitative estimate of drug-likeness (QED) is 0.361. The highest BCUT2D eigenvalue weighted by Gasteiger charge is 2.41. The molecule has 0 saturated carbocycles. The second-order valence-corrected chi connectivity index (χ2v) is 8.51. The van der Waals surface area contributed by atoms with Crippen molar-refractivity contribution in [3.8, 4) is 0 Å². The molecule has 0 rings (SSSR count). The molecule has 0 saturated heterocycles. The minimum absolute atomic E-state index is 0.104. The third kappa shape index (κ3) is 5.04. The Kier molecular flexibility index (Phi) is 8.17. The molecule has 17 heavy (non-hydrogen) atoms. The van der Waals surface area contributed by atoms with E-state index >= 15 is 0 Å². The summed E-state index contributed by atoms with van der Waals surface area (Å²) in [5, 5.41) is 0. The van der Waals surface area contributed by atoms with Crippen LogP contribution in [0.5, 0.6) is 0 Å². The number of esters is 1. The molecule has 0 aromatic rings. The molecule has 100 valence electrons. The summed E-state index contributed by atoms with van der Waals surface area (Å²) in [6, 6.07) is 2.08. The van der Waals surface area contributed by atoms with Crippen LogP contribution in [0.25, 0.3) is 0 Å². The summed E-state index contributed by atoms with van der Waals surface area (Å²) in [6.07, 6.45) is 3.36. The van der Waals surface area contributed by atoms with Crippen LogP contribution in [0.15, 0.2) is 12.7 Å². The highest BCUT2D eigenvalue weighted by molar-refractivity contribution is 6.75. The molecular weight excluding hydrogens is 232 g/mol. The predicted molar refractivity (Wildman–Crippen MR) is 73.3 cm³/mol. The molecular formula is C13H26O3Si. The van der Waals surface area contributed by atoms with Crippen LogP contribution >= 0.6 is 0 Å². The normalized spacial score (nSPS) is 13.2. The Balaban J connectivity index is 4.82. The maximum atomic E-state index is 11.3. The summed E-state index contributed by atoms with van der Waals surface area (Å²) in [6.45, 7) is 12.4. The van der Waals surface area contributed by atoms with Crippen molar-refractivity contribution in [1.82, 2.24) is 0 Å². The largest absolute Gasteiger partial charge is 0.460 e. The van der Waals surface area contributed by atoms with Gasteiger partial charge in [-0.25, -0.2) is 4.79 Å². The van der Waals surface area contributed by atoms with E-state index in [4.69, 9.17) is 9.16 Å². The van der Waals surface area contributed by atoms with E-state index in [1.807, 2.05) is 13.8 Å². The van der Waals surface area contributed by atoms with Gasteiger partial charge in [-0.3, -0.25) is 0 Å². The van der Waals surface area contributed by atoms with Gasteiger partial charge in [0, 0.05) is 12.7 Å². The molecule has 0 spiro atoms. The highest BCUT2D eigenvalue weighted by atomic mass is 28.4. The first-order valence-electron chi connectivity index (χ1n) is 6.53. The van der Waals surface area contributed by atoms with Crippen LogP contribution in [0, 0.1) is 0 Å². The fraction of sp³-hybridized carbons (Fsp3) is 0.769. The first-order valence-corrected chi connectivity index (χ1v) is 8.93. The summed E-state index contributed by atoms with van der Waals surface area (Å²) in [5.74, 6) is -0.346. The smallest absolute Gasteiger partial charge is 0.330 e. The summed E-state index contributed by atoms with van der Waals surface area (Å²) in [4.78, 5) is 11.3. The Morgan fingerprint density at radius 3 is 2.18 bits per heavy atom. The van der Waals surface area contributed by atoms with Crippen LogP contribution < -0.4 is 0 Å². The predicted octanol–water partition coefficient (Wildman–Crippen LogP) is 3.45. The Morgan fingerprint density at radius 1 is 1.29 bits per heavy atom. The third-order valence-corrected chi connectivity index (χ3v) is 8.13. The molecule has 3 nitrogen and oxygen atoms in total. The molecule has 0 aliphatic carbocycles. The molecule has 0 heterocycles. The van der Waals surface area contributed by atoms with E-state index in [1.165, 1.54) is 6.08 Å². The first kappa shape index (κ1) is 16.4. The van der Waals surface area contributed by atoms with Crippen LogP contribution in [0.1, 0.15) is 40.5 Å². The van der Waals surface area contributed by atoms with Crippen molar-refractivity contribution in [2.45, 2.75) is 58.4 Å². The molecule has 0 radical (unpaired) electrons. The Morgan fingerprint density at radius 2 is 1.82 bits per heavy atom. The van der Waals surface area contributed by atoms with Crippen LogP contribution in [0.2, 0.25) is 12.1 Å². The van der Waals surface area contributed by atoms with Crippen LogP contribution in [0.4, 0.5) is 0 Å². The third-order valence-electron chi connectivity index (χ3n) is 2.98. The number of hydrogen-bond acceptors (Lipinski definition) is 3. The minimum Gasteiger partial charge on any atom is -0.460 e. The summed E-state index contributed by atoms with van der Waals surface area (Å²) < 4.78 is 11.4. The molecule has 0 bridgehead atoms. The van der Waals surface area contributed by atoms with E-state index < -0.39 is 8.32 Å². The first-order chi connectivity index (χ1) is 8.06. The molecule has 0 N–H and O–H groups in total. The Hall–Kier alpha value is -0.613. The number of carbonyl (C=O) groups excluding carboxylic acids is 1. The topological polar surface area (TPSA) is 35.5 Å². The Labute approximate surface area is 106 Å². The van der Waals surface area contributed by atoms with E-state index in [1.54, 1.807) is 0 Å². The van der Waals surface area contributed by atoms with Gasteiger partial charge in [0.2, 0.25) is 8.32 Å². The van der Waals surface area contributed by atoms with Gasteiger partial charge in [-0.1, -0.05) is 33.3 Å². The molecule has 0 fully saturated rings. The van der Waals surface area contributed by atoms with Gasteiger partial charge in [-0.05, 0) is 25.9 Å². The van der Waals surface area contributed by atoms with Crippen LogP contribution in [-0.4, -0.2) is 26.6 Å². The average Bonchev–Trinajstić information content (AvgIpc) is 2.29. The standard InChI is InChI=1S/C13H26O3Si/c1-6-10-17(11-7-2,15-9-4)12(5)16-13(14)8-3/h8,12H,3,6-7,9-11H2,1-2,4-5H3. The van der Waals surface area contributed by atoms with Crippen molar-refractivity contribution in [3.05, 3.63) is 12.7 Å². The molecule has 1 unspecified atom stereocenters. The number of hydrogen-bond donors (Lipinski definition) is 0. The molecule has 0 aromatic carbocycles. The molecule has 0 aliphatic heterocycles. The second kappa shape index (κ2) is 8.47. The summed E-state index contributed by atoms with van der Waals surface area (Å²) in [5.41, 5.74) is -0.104. The van der Waals surface area contributed by atoms with Crippen molar-refractivity contribution in [2.24, 2.45) is 0 Å². The lowest BCUT2D eigenvalue weighted by atomic mass is 10.6. The lowest BCUT2D eigenvalue weighted by Crippen LogP contribution is -2.51.